The van der Waals surface area contributed by atoms with Gasteiger partial charge in [0.1, 0.15) is 5.75 Å². The van der Waals surface area contributed by atoms with Crippen molar-refractivity contribution in [1.29, 1.82) is 0 Å². The summed E-state index contributed by atoms with van der Waals surface area (Å²) < 4.78 is 18.8. The van der Waals surface area contributed by atoms with Gasteiger partial charge in [-0.25, -0.2) is 0 Å². The van der Waals surface area contributed by atoms with Crippen LogP contribution < -0.4 is 10.1 Å². The summed E-state index contributed by atoms with van der Waals surface area (Å²) in [5, 5.41) is 3.12. The van der Waals surface area contributed by atoms with Gasteiger partial charge >= 0.3 is 0 Å². The van der Waals surface area contributed by atoms with E-state index in [0.717, 1.165) is 32.8 Å². The zero-order valence-corrected chi connectivity index (χ0v) is 14.5. The van der Waals surface area contributed by atoms with Crippen LogP contribution in [0.25, 0.3) is 0 Å². The highest BCUT2D eigenvalue weighted by Gasteiger charge is 2.10. The van der Waals surface area contributed by atoms with Gasteiger partial charge in [-0.1, -0.05) is 22.0 Å². The minimum Gasteiger partial charge on any atom is -0.496 e. The molecule has 0 aromatic heterocycles. The summed E-state index contributed by atoms with van der Waals surface area (Å²) >= 11 is 3.39. The second kappa shape index (κ2) is 7.73. The number of halogens is 1. The van der Waals surface area contributed by atoms with E-state index in [1.807, 2.05) is 49.5 Å². The number of hydrogen-bond acceptors (Lipinski definition) is 3. The normalized spacial score (nSPS) is 12.1. The van der Waals surface area contributed by atoms with E-state index in [4.69, 9.17) is 4.74 Å². The van der Waals surface area contributed by atoms with Crippen LogP contribution in [0, 0.1) is 0 Å². The minimum absolute atomic E-state index is 0.447. The molecule has 5 heteroatoms. The molecule has 0 aliphatic carbocycles. The Kier molecular flexibility index (Phi) is 5.96. The van der Waals surface area contributed by atoms with Gasteiger partial charge in [-0.15, -0.1) is 0 Å². The van der Waals surface area contributed by atoms with Crippen LogP contribution in [0.15, 0.2) is 51.8 Å². The monoisotopic (exact) mass is 367 g/mol. The molecule has 3 nitrogen and oxygen atoms in total. The first kappa shape index (κ1) is 16.2. The molecule has 21 heavy (non-hydrogen) atoms. The highest BCUT2D eigenvalue weighted by molar-refractivity contribution is 9.10. The van der Waals surface area contributed by atoms with E-state index in [1.165, 1.54) is 0 Å². The lowest BCUT2D eigenvalue weighted by molar-refractivity contribution is 0.411. The molecule has 112 valence electrons. The fourth-order valence-electron chi connectivity index (χ4n) is 2.07. The number of methoxy groups -OCH3 is 1. The van der Waals surface area contributed by atoms with Crippen molar-refractivity contribution in [3.8, 4) is 5.75 Å². The molecule has 0 heterocycles. The number of rotatable bonds is 6. The first-order chi connectivity index (χ1) is 10.1. The fourth-order valence-corrected chi connectivity index (χ4v) is 3.45. The molecule has 0 fully saturated rings. The largest absolute Gasteiger partial charge is 0.496 e. The van der Waals surface area contributed by atoms with Crippen molar-refractivity contribution >= 4 is 26.7 Å². The smallest absolute Gasteiger partial charge is 0.123 e. The van der Waals surface area contributed by atoms with Crippen molar-refractivity contribution in [3.63, 3.8) is 0 Å². The molecule has 1 N–H and O–H groups in total. The molecule has 1 unspecified atom stereocenters. The highest BCUT2D eigenvalue weighted by atomic mass is 79.9. The average Bonchev–Trinajstić information content (AvgIpc) is 2.48. The van der Waals surface area contributed by atoms with Crippen LogP contribution in [0.2, 0.25) is 0 Å². The lowest BCUT2D eigenvalue weighted by atomic mass is 10.1. The Bertz CT molecular complexity index is 629. The van der Waals surface area contributed by atoms with Crippen LogP contribution in [-0.4, -0.2) is 18.4 Å². The molecule has 0 spiro atoms. The first-order valence-electron chi connectivity index (χ1n) is 6.58. The minimum atomic E-state index is -1.09. The second-order valence-corrected chi connectivity index (χ2v) is 6.99. The van der Waals surface area contributed by atoms with E-state index in [2.05, 4.69) is 21.2 Å². The summed E-state index contributed by atoms with van der Waals surface area (Å²) in [4.78, 5) is 0.819. The Hall–Kier alpha value is -1.17. The molecular weight excluding hydrogens is 350 g/mol. The van der Waals surface area contributed by atoms with Crippen molar-refractivity contribution < 1.29 is 8.95 Å². The summed E-state index contributed by atoms with van der Waals surface area (Å²) in [7, 11) is 2.46. The molecule has 2 aromatic carbocycles. The van der Waals surface area contributed by atoms with Gasteiger partial charge in [0.25, 0.3) is 0 Å². The first-order valence-corrected chi connectivity index (χ1v) is 8.69. The summed E-state index contributed by atoms with van der Waals surface area (Å²) in [5.41, 5.74) is 2.12. The van der Waals surface area contributed by atoms with E-state index < -0.39 is 10.8 Å². The molecule has 2 aromatic rings. The zero-order chi connectivity index (χ0) is 15.2. The van der Waals surface area contributed by atoms with Gasteiger partial charge < -0.3 is 10.1 Å². The number of hydrogen-bond donors (Lipinski definition) is 1. The maximum Gasteiger partial charge on any atom is 0.123 e. The summed E-state index contributed by atoms with van der Waals surface area (Å²) in [6.07, 6.45) is 0. The second-order valence-electron chi connectivity index (χ2n) is 4.62. The van der Waals surface area contributed by atoms with Crippen molar-refractivity contribution in [1.82, 2.24) is 5.32 Å². The lowest BCUT2D eigenvalue weighted by Gasteiger charge is -2.11. The Balaban J connectivity index is 2.22. The van der Waals surface area contributed by atoms with E-state index in [-0.39, 0.29) is 0 Å². The van der Waals surface area contributed by atoms with Gasteiger partial charge in [0.2, 0.25) is 0 Å². The third-order valence-corrected chi connectivity index (χ3v) is 4.99. The Morgan fingerprint density at radius 1 is 1.19 bits per heavy atom. The molecule has 1 atom stereocenters. The van der Waals surface area contributed by atoms with Crippen LogP contribution >= 0.6 is 15.9 Å². The van der Waals surface area contributed by atoms with Crippen LogP contribution in [0.3, 0.4) is 0 Å². The maximum atomic E-state index is 12.5. The van der Waals surface area contributed by atoms with Gasteiger partial charge in [-0.05, 0) is 49.0 Å². The van der Waals surface area contributed by atoms with Crippen molar-refractivity contribution in [2.24, 2.45) is 0 Å². The van der Waals surface area contributed by atoms with Gasteiger partial charge in [0, 0.05) is 21.5 Å². The van der Waals surface area contributed by atoms with Crippen molar-refractivity contribution in [2.75, 3.05) is 14.2 Å². The predicted octanol–water partition coefficient (Wildman–Crippen LogP) is 3.48. The number of ether oxygens (including phenoxy) is 1. The van der Waals surface area contributed by atoms with E-state index in [9.17, 15) is 4.21 Å². The SMILES string of the molecule is CNCc1ccc(OC)c(CS(=O)c2ccc(Br)cc2)c1. The number of benzene rings is 2. The molecule has 0 saturated heterocycles. The van der Waals surface area contributed by atoms with Gasteiger partial charge in [-0.3, -0.25) is 4.21 Å². The Labute approximate surface area is 136 Å². The Morgan fingerprint density at radius 3 is 2.52 bits per heavy atom. The van der Waals surface area contributed by atoms with Crippen LogP contribution in [0.4, 0.5) is 0 Å². The number of nitrogens with one attached hydrogen (secondary N) is 1. The molecule has 0 bridgehead atoms. The average molecular weight is 368 g/mol. The standard InChI is InChI=1S/C16H18BrNO2S/c1-18-10-12-3-8-16(20-2)13(9-12)11-21(19)15-6-4-14(17)5-7-15/h3-9,18H,10-11H2,1-2H3. The Morgan fingerprint density at radius 2 is 1.90 bits per heavy atom. The maximum absolute atomic E-state index is 12.5. The van der Waals surface area contributed by atoms with Gasteiger partial charge in [0.05, 0.1) is 23.7 Å². The fraction of sp³-hybridized carbons (Fsp3) is 0.250. The van der Waals surface area contributed by atoms with Gasteiger partial charge in [0.15, 0.2) is 0 Å². The predicted molar refractivity (Wildman–Crippen MR) is 90.0 cm³/mol. The van der Waals surface area contributed by atoms with Crippen molar-refractivity contribution in [2.45, 2.75) is 17.2 Å². The van der Waals surface area contributed by atoms with Crippen LogP contribution in [0.1, 0.15) is 11.1 Å². The summed E-state index contributed by atoms with van der Waals surface area (Å²) in [6, 6.07) is 13.6. The molecule has 0 aliphatic heterocycles. The van der Waals surface area contributed by atoms with Crippen molar-refractivity contribution in [3.05, 3.63) is 58.1 Å². The third kappa shape index (κ3) is 4.40. The van der Waals surface area contributed by atoms with Crippen LogP contribution in [0.5, 0.6) is 5.75 Å². The van der Waals surface area contributed by atoms with Gasteiger partial charge in [-0.2, -0.15) is 0 Å². The third-order valence-electron chi connectivity index (χ3n) is 3.09. The molecule has 2 rings (SSSR count). The molecule has 0 aliphatic rings. The highest BCUT2D eigenvalue weighted by Crippen LogP contribution is 2.24. The summed E-state index contributed by atoms with van der Waals surface area (Å²) in [5.74, 6) is 1.22. The van der Waals surface area contributed by atoms with Crippen LogP contribution in [-0.2, 0) is 23.1 Å². The molecule has 0 radical (unpaired) electrons. The molecule has 0 saturated carbocycles. The lowest BCUT2D eigenvalue weighted by Crippen LogP contribution is -2.06. The summed E-state index contributed by atoms with van der Waals surface area (Å²) in [6.45, 7) is 0.780. The van der Waals surface area contributed by atoms with E-state index >= 15 is 0 Å². The van der Waals surface area contributed by atoms with E-state index in [1.54, 1.807) is 7.11 Å². The topological polar surface area (TPSA) is 38.3 Å². The quantitative estimate of drug-likeness (QED) is 0.849. The van der Waals surface area contributed by atoms with E-state index in [0.29, 0.717) is 5.75 Å². The molecule has 0 amide bonds. The molecular formula is C16H18BrNO2S. The zero-order valence-electron chi connectivity index (χ0n) is 12.1.